The van der Waals surface area contributed by atoms with Crippen LogP contribution in [0.4, 0.5) is 0 Å². The van der Waals surface area contributed by atoms with E-state index < -0.39 is 12.6 Å². The second-order valence-corrected chi connectivity index (χ2v) is 3.23. The summed E-state index contributed by atoms with van der Waals surface area (Å²) in [5.74, 6) is -0.538. The molecule has 0 aliphatic heterocycles. The minimum Gasteiger partial charge on any atom is -0.479 e. The summed E-state index contributed by atoms with van der Waals surface area (Å²) in [5.41, 5.74) is 0.483. The number of carbonyl (C=O) groups is 1. The van der Waals surface area contributed by atoms with Crippen molar-refractivity contribution >= 4 is 27.6 Å². The van der Waals surface area contributed by atoms with Crippen molar-refractivity contribution in [2.75, 3.05) is 6.61 Å². The van der Waals surface area contributed by atoms with Gasteiger partial charge in [0.2, 0.25) is 6.61 Å². The van der Waals surface area contributed by atoms with Gasteiger partial charge in [0.1, 0.15) is 5.71 Å². The Morgan fingerprint density at radius 1 is 1.71 bits per heavy atom. The second kappa shape index (κ2) is 4.80. The fraction of sp³-hybridized carbons (Fsp3) is 0.250. The van der Waals surface area contributed by atoms with E-state index in [9.17, 15) is 4.79 Å². The molecule has 1 aromatic heterocycles. The molecule has 0 saturated carbocycles. The Morgan fingerprint density at radius 3 is 2.93 bits per heavy atom. The van der Waals surface area contributed by atoms with Crippen molar-refractivity contribution in [3.63, 3.8) is 0 Å². The van der Waals surface area contributed by atoms with Crippen LogP contribution < -0.4 is 0 Å². The number of halogens is 1. The number of carboxylic acids is 1. The van der Waals surface area contributed by atoms with Crippen LogP contribution in [-0.2, 0) is 9.63 Å². The van der Waals surface area contributed by atoms with Crippen LogP contribution in [0.5, 0.6) is 0 Å². The van der Waals surface area contributed by atoms with E-state index in [-0.39, 0.29) is 0 Å². The van der Waals surface area contributed by atoms with Gasteiger partial charge in [-0.1, -0.05) is 5.16 Å². The lowest BCUT2D eigenvalue weighted by molar-refractivity contribution is -0.142. The van der Waals surface area contributed by atoms with Crippen molar-refractivity contribution in [3.8, 4) is 0 Å². The first-order chi connectivity index (χ1) is 6.59. The maximum absolute atomic E-state index is 10.1. The lowest BCUT2D eigenvalue weighted by atomic mass is 10.3. The van der Waals surface area contributed by atoms with Crippen molar-refractivity contribution in [3.05, 3.63) is 22.6 Å². The Hall–Kier alpha value is -1.30. The Balaban J connectivity index is 2.56. The van der Waals surface area contributed by atoms with E-state index in [0.717, 1.165) is 0 Å². The highest BCUT2D eigenvalue weighted by atomic mass is 79.9. The number of hydrogen-bond acceptors (Lipinski definition) is 4. The predicted molar refractivity (Wildman–Crippen MR) is 52.2 cm³/mol. The molecule has 0 atom stereocenters. The zero-order chi connectivity index (χ0) is 10.6. The third-order valence-corrected chi connectivity index (χ3v) is 1.75. The normalized spacial score (nSPS) is 11.4. The summed E-state index contributed by atoms with van der Waals surface area (Å²) in [5, 5.41) is 11.8. The molecule has 0 saturated heterocycles. The van der Waals surface area contributed by atoms with Crippen LogP contribution in [0, 0.1) is 0 Å². The average Bonchev–Trinajstić information content (AvgIpc) is 2.51. The molecule has 0 aliphatic rings. The molecular weight excluding hydrogens is 254 g/mol. The van der Waals surface area contributed by atoms with Crippen molar-refractivity contribution in [2.45, 2.75) is 6.92 Å². The van der Waals surface area contributed by atoms with Crippen molar-refractivity contribution in [1.82, 2.24) is 0 Å². The van der Waals surface area contributed by atoms with Crippen molar-refractivity contribution in [1.29, 1.82) is 0 Å². The van der Waals surface area contributed by atoms with Crippen LogP contribution in [0.15, 0.2) is 26.4 Å². The summed E-state index contributed by atoms with van der Waals surface area (Å²) in [4.78, 5) is 14.6. The predicted octanol–water partition coefficient (Wildman–Crippen LogP) is 1.87. The summed E-state index contributed by atoms with van der Waals surface area (Å²) >= 11 is 3.14. The van der Waals surface area contributed by atoms with Crippen LogP contribution in [0.3, 0.4) is 0 Å². The molecule has 5 nitrogen and oxygen atoms in total. The fourth-order valence-corrected chi connectivity index (χ4v) is 1.04. The van der Waals surface area contributed by atoms with Crippen LogP contribution in [0.25, 0.3) is 0 Å². The topological polar surface area (TPSA) is 72.0 Å². The lowest BCUT2D eigenvalue weighted by Crippen LogP contribution is -2.05. The fourth-order valence-electron chi connectivity index (χ4n) is 0.738. The molecule has 0 aromatic carbocycles. The molecule has 0 spiro atoms. The summed E-state index contributed by atoms with van der Waals surface area (Å²) in [6, 6.07) is 3.42. The minimum absolute atomic E-state index is 0.459. The smallest absolute Gasteiger partial charge is 0.344 e. The average molecular weight is 262 g/mol. The molecule has 1 heterocycles. The van der Waals surface area contributed by atoms with Crippen molar-refractivity contribution < 1.29 is 19.2 Å². The summed E-state index contributed by atoms with van der Waals surface area (Å²) in [6.07, 6.45) is 0. The Labute approximate surface area is 88.5 Å². The molecule has 0 amide bonds. The van der Waals surface area contributed by atoms with Gasteiger partial charge in [-0.2, -0.15) is 0 Å². The standard InChI is InChI=1S/C8H8BrNO4/c1-5(10-13-4-8(11)12)6-2-3-7(9)14-6/h2-3H,4H2,1H3,(H,11,12)/b10-5-. The first-order valence-electron chi connectivity index (χ1n) is 3.73. The number of rotatable bonds is 4. The number of nitrogens with zero attached hydrogens (tertiary/aromatic N) is 1. The van der Waals surface area contributed by atoms with Crippen molar-refractivity contribution in [2.24, 2.45) is 5.16 Å². The molecule has 1 aromatic rings. The van der Waals surface area contributed by atoms with Gasteiger partial charge in [-0.3, -0.25) is 0 Å². The lowest BCUT2D eigenvalue weighted by Gasteiger charge is -1.96. The van der Waals surface area contributed by atoms with Gasteiger partial charge in [0.15, 0.2) is 10.4 Å². The Kier molecular flexibility index (Phi) is 3.70. The molecule has 1 N–H and O–H groups in total. The van der Waals surface area contributed by atoms with E-state index in [1.54, 1.807) is 19.1 Å². The van der Waals surface area contributed by atoms with E-state index in [2.05, 4.69) is 25.9 Å². The maximum atomic E-state index is 10.1. The molecule has 0 unspecified atom stereocenters. The van der Waals surface area contributed by atoms with Crippen LogP contribution in [-0.4, -0.2) is 23.4 Å². The number of hydrogen-bond donors (Lipinski definition) is 1. The summed E-state index contributed by atoms with van der Waals surface area (Å²) in [6.45, 7) is 1.20. The maximum Gasteiger partial charge on any atom is 0.344 e. The highest BCUT2D eigenvalue weighted by Gasteiger charge is 2.04. The highest BCUT2D eigenvalue weighted by molar-refractivity contribution is 9.10. The molecule has 0 fully saturated rings. The van der Waals surface area contributed by atoms with Gasteiger partial charge in [0, 0.05) is 0 Å². The Bertz CT molecular complexity index is 358. The Morgan fingerprint density at radius 2 is 2.43 bits per heavy atom. The third-order valence-electron chi connectivity index (χ3n) is 1.32. The molecule has 14 heavy (non-hydrogen) atoms. The van der Waals surface area contributed by atoms with E-state index in [0.29, 0.717) is 16.1 Å². The quantitative estimate of drug-likeness (QED) is 0.664. The van der Waals surface area contributed by atoms with Crippen LogP contribution in [0.2, 0.25) is 0 Å². The molecule has 76 valence electrons. The zero-order valence-electron chi connectivity index (χ0n) is 7.36. The van der Waals surface area contributed by atoms with Gasteiger partial charge in [-0.15, -0.1) is 0 Å². The number of oxime groups is 1. The largest absolute Gasteiger partial charge is 0.479 e. The summed E-state index contributed by atoms with van der Waals surface area (Å²) < 4.78 is 5.74. The first kappa shape index (κ1) is 10.8. The molecule has 6 heteroatoms. The van der Waals surface area contributed by atoms with Gasteiger partial charge < -0.3 is 14.4 Å². The van der Waals surface area contributed by atoms with Gasteiger partial charge in [-0.05, 0) is 35.0 Å². The SMILES string of the molecule is C/C(=N/OCC(=O)O)c1ccc(Br)o1. The molecule has 0 aliphatic carbocycles. The molecule has 0 radical (unpaired) electrons. The second-order valence-electron chi connectivity index (χ2n) is 2.45. The monoisotopic (exact) mass is 261 g/mol. The molecule has 0 bridgehead atoms. The first-order valence-corrected chi connectivity index (χ1v) is 4.53. The van der Waals surface area contributed by atoms with E-state index >= 15 is 0 Å². The van der Waals surface area contributed by atoms with Crippen LogP contribution in [0.1, 0.15) is 12.7 Å². The molecule has 1 rings (SSSR count). The zero-order valence-corrected chi connectivity index (χ0v) is 8.94. The van der Waals surface area contributed by atoms with E-state index in [1.807, 2.05) is 0 Å². The summed E-state index contributed by atoms with van der Waals surface area (Å²) in [7, 11) is 0. The minimum atomic E-state index is -1.07. The molecular formula is C8H8BrNO4. The number of carboxylic acid groups (broad SMARTS) is 1. The van der Waals surface area contributed by atoms with Crippen LogP contribution >= 0.6 is 15.9 Å². The third kappa shape index (κ3) is 3.21. The highest BCUT2D eigenvalue weighted by Crippen LogP contribution is 2.14. The number of furan rings is 1. The van der Waals surface area contributed by atoms with E-state index in [4.69, 9.17) is 9.52 Å². The number of aliphatic carboxylic acids is 1. The van der Waals surface area contributed by atoms with Gasteiger partial charge in [0.05, 0.1) is 0 Å². The van der Waals surface area contributed by atoms with Gasteiger partial charge >= 0.3 is 5.97 Å². The van der Waals surface area contributed by atoms with Gasteiger partial charge in [-0.25, -0.2) is 4.79 Å². The van der Waals surface area contributed by atoms with Gasteiger partial charge in [0.25, 0.3) is 0 Å². The van der Waals surface area contributed by atoms with E-state index in [1.165, 1.54) is 0 Å².